The Hall–Kier alpha value is -2.83. The molecule has 0 aliphatic carbocycles. The van der Waals surface area contributed by atoms with Gasteiger partial charge in [0.05, 0.1) is 6.61 Å². The Bertz CT molecular complexity index is 1010. The van der Waals surface area contributed by atoms with E-state index in [4.69, 9.17) is 16.2 Å². The van der Waals surface area contributed by atoms with Crippen molar-refractivity contribution in [3.8, 4) is 0 Å². The third-order valence-electron chi connectivity index (χ3n) is 5.23. The van der Waals surface area contributed by atoms with Gasteiger partial charge in [-0.15, -0.1) is 0 Å². The minimum atomic E-state index is -1.28. The number of imidazole rings is 1. The van der Waals surface area contributed by atoms with E-state index in [0.29, 0.717) is 36.6 Å². The first-order valence-electron chi connectivity index (χ1n) is 9.66. The van der Waals surface area contributed by atoms with E-state index < -0.39 is 31.1 Å². The summed E-state index contributed by atoms with van der Waals surface area (Å²) in [5.41, 5.74) is 14.5. The van der Waals surface area contributed by atoms with Crippen molar-refractivity contribution in [1.29, 1.82) is 0 Å². The van der Waals surface area contributed by atoms with Crippen molar-refractivity contribution in [2.24, 2.45) is 5.73 Å². The van der Waals surface area contributed by atoms with Crippen molar-refractivity contribution < 1.29 is 20.1 Å². The molecular weight excluding hydrogens is 390 g/mol. The Morgan fingerprint density at radius 2 is 1.83 bits per heavy atom. The Kier molecular flexibility index (Phi) is 5.79. The molecule has 11 heteroatoms. The highest BCUT2D eigenvalue weighted by Crippen LogP contribution is 2.35. The number of nitrogen functional groups attached to an aromatic ring is 1. The van der Waals surface area contributed by atoms with Crippen LogP contribution in [0.15, 0.2) is 30.6 Å². The highest BCUT2D eigenvalue weighted by Gasteiger charge is 2.45. The van der Waals surface area contributed by atoms with Crippen molar-refractivity contribution in [1.82, 2.24) is 19.5 Å². The van der Waals surface area contributed by atoms with E-state index >= 15 is 0 Å². The normalized spacial score (nSPS) is 23.9. The monoisotopic (exact) mass is 415 g/mol. The molecule has 0 saturated carbocycles. The number of benzene rings is 1. The molecule has 4 rings (SSSR count). The molecule has 0 radical (unpaired) electrons. The lowest BCUT2D eigenvalue weighted by Crippen LogP contribution is -2.33. The molecule has 1 aromatic carbocycles. The van der Waals surface area contributed by atoms with E-state index in [0.717, 1.165) is 11.1 Å². The smallest absolute Gasteiger partial charge is 0.207 e. The summed E-state index contributed by atoms with van der Waals surface area (Å²) in [4.78, 5) is 12.7. The SMILES string of the molecule is NCc1ccc(CCNc2nc3c(N)ncnc3n2[C@@H]2O[C@H](CO)[C@@H](O)[C@H]2O)cc1. The van der Waals surface area contributed by atoms with Crippen LogP contribution in [0.5, 0.6) is 0 Å². The quantitative estimate of drug-likeness (QED) is 0.284. The van der Waals surface area contributed by atoms with Crippen LogP contribution >= 0.6 is 0 Å². The second-order valence-electron chi connectivity index (χ2n) is 7.16. The molecule has 0 unspecified atom stereocenters. The molecule has 8 N–H and O–H groups in total. The number of hydrogen-bond donors (Lipinski definition) is 6. The maximum absolute atomic E-state index is 10.5. The van der Waals surface area contributed by atoms with Gasteiger partial charge in [0.25, 0.3) is 0 Å². The average molecular weight is 415 g/mol. The number of nitrogens with one attached hydrogen (secondary N) is 1. The number of hydrogen-bond acceptors (Lipinski definition) is 10. The van der Waals surface area contributed by atoms with E-state index in [9.17, 15) is 15.3 Å². The Labute approximate surface area is 172 Å². The molecule has 3 aromatic rings. The standard InChI is InChI=1S/C19H25N7O4/c20-7-11-3-1-10(2-4-11)5-6-22-19-25-13-16(21)23-9-24-17(13)26(19)18-15(29)14(28)12(8-27)30-18/h1-4,9,12,14-15,18,27-29H,5-8,20H2,(H,22,25)(H2,21,23,24)/t12-,14-,15-,18-/m1/s1. The van der Waals surface area contributed by atoms with E-state index in [1.165, 1.54) is 10.9 Å². The molecule has 0 bridgehead atoms. The van der Waals surface area contributed by atoms with E-state index in [1.54, 1.807) is 0 Å². The van der Waals surface area contributed by atoms with Gasteiger partial charge in [0.2, 0.25) is 5.95 Å². The summed E-state index contributed by atoms with van der Waals surface area (Å²) in [6, 6.07) is 8.00. The van der Waals surface area contributed by atoms with Gasteiger partial charge in [0.15, 0.2) is 23.2 Å². The third-order valence-corrected chi connectivity index (χ3v) is 5.23. The summed E-state index contributed by atoms with van der Waals surface area (Å²) in [5.74, 6) is 0.552. The summed E-state index contributed by atoms with van der Waals surface area (Å²) in [7, 11) is 0. The zero-order valence-corrected chi connectivity index (χ0v) is 16.2. The first kappa shape index (κ1) is 20.4. The minimum absolute atomic E-state index is 0.186. The van der Waals surface area contributed by atoms with Crippen molar-refractivity contribution >= 4 is 22.9 Å². The van der Waals surface area contributed by atoms with Crippen LogP contribution in [-0.4, -0.2) is 66.3 Å². The number of aromatic nitrogens is 4. The van der Waals surface area contributed by atoms with Crippen molar-refractivity contribution in [2.75, 3.05) is 24.2 Å². The van der Waals surface area contributed by atoms with Gasteiger partial charge < -0.3 is 36.8 Å². The minimum Gasteiger partial charge on any atom is -0.394 e. The van der Waals surface area contributed by atoms with Crippen LogP contribution in [0.1, 0.15) is 17.4 Å². The molecule has 11 nitrogen and oxygen atoms in total. The number of rotatable bonds is 7. The largest absolute Gasteiger partial charge is 0.394 e. The zero-order chi connectivity index (χ0) is 21.3. The highest BCUT2D eigenvalue weighted by molar-refractivity contribution is 5.84. The fourth-order valence-corrected chi connectivity index (χ4v) is 3.55. The molecule has 1 saturated heterocycles. The maximum Gasteiger partial charge on any atom is 0.207 e. The molecule has 1 aliphatic heterocycles. The molecule has 0 amide bonds. The van der Waals surface area contributed by atoms with Crippen LogP contribution in [0, 0.1) is 0 Å². The first-order valence-corrected chi connectivity index (χ1v) is 9.66. The molecule has 2 aromatic heterocycles. The van der Waals surface area contributed by atoms with E-state index in [-0.39, 0.29) is 5.82 Å². The van der Waals surface area contributed by atoms with Crippen molar-refractivity contribution in [3.05, 3.63) is 41.7 Å². The lowest BCUT2D eigenvalue weighted by atomic mass is 10.1. The Balaban J connectivity index is 1.60. The van der Waals surface area contributed by atoms with Gasteiger partial charge in [0.1, 0.15) is 24.6 Å². The van der Waals surface area contributed by atoms with E-state index in [1.807, 2.05) is 24.3 Å². The molecule has 1 aliphatic rings. The van der Waals surface area contributed by atoms with Crippen LogP contribution in [-0.2, 0) is 17.7 Å². The number of nitrogens with zero attached hydrogens (tertiary/aromatic N) is 4. The van der Waals surface area contributed by atoms with Gasteiger partial charge in [-0.1, -0.05) is 24.3 Å². The maximum atomic E-state index is 10.5. The summed E-state index contributed by atoms with van der Waals surface area (Å²) in [6.07, 6.45) is -2.44. The van der Waals surface area contributed by atoms with E-state index in [2.05, 4.69) is 20.3 Å². The fraction of sp³-hybridized carbons (Fsp3) is 0.421. The second kappa shape index (κ2) is 8.50. The van der Waals surface area contributed by atoms with Crippen LogP contribution in [0.25, 0.3) is 11.2 Å². The fourth-order valence-electron chi connectivity index (χ4n) is 3.55. The molecule has 30 heavy (non-hydrogen) atoms. The summed E-state index contributed by atoms with van der Waals surface area (Å²) < 4.78 is 7.21. The molecule has 1 fully saturated rings. The highest BCUT2D eigenvalue weighted by atomic mass is 16.6. The third kappa shape index (κ3) is 3.68. The van der Waals surface area contributed by atoms with Gasteiger partial charge in [-0.25, -0.2) is 15.0 Å². The second-order valence-corrected chi connectivity index (χ2v) is 7.16. The lowest BCUT2D eigenvalue weighted by molar-refractivity contribution is -0.0501. The topological polar surface area (TPSA) is 178 Å². The number of fused-ring (bicyclic) bond motifs is 1. The average Bonchev–Trinajstić information content (AvgIpc) is 3.26. The number of nitrogens with two attached hydrogens (primary N) is 2. The number of aliphatic hydroxyl groups is 3. The summed E-state index contributed by atoms with van der Waals surface area (Å²) in [6.45, 7) is 0.600. The molecule has 0 spiro atoms. The van der Waals surface area contributed by atoms with Crippen LogP contribution in [0.4, 0.5) is 11.8 Å². The van der Waals surface area contributed by atoms with Gasteiger partial charge in [0, 0.05) is 13.1 Å². The number of aliphatic hydroxyl groups excluding tert-OH is 3. The van der Waals surface area contributed by atoms with Gasteiger partial charge in [-0.05, 0) is 17.5 Å². The van der Waals surface area contributed by atoms with Gasteiger partial charge in [-0.2, -0.15) is 0 Å². The Morgan fingerprint density at radius 1 is 1.10 bits per heavy atom. The van der Waals surface area contributed by atoms with Gasteiger partial charge >= 0.3 is 0 Å². The predicted octanol–water partition coefficient (Wildman–Crippen LogP) is -0.867. The number of anilines is 2. The molecular formula is C19H25N7O4. The van der Waals surface area contributed by atoms with Crippen molar-refractivity contribution in [2.45, 2.75) is 37.5 Å². The van der Waals surface area contributed by atoms with Crippen LogP contribution in [0.3, 0.4) is 0 Å². The zero-order valence-electron chi connectivity index (χ0n) is 16.2. The van der Waals surface area contributed by atoms with Gasteiger partial charge in [-0.3, -0.25) is 4.57 Å². The predicted molar refractivity (Wildman–Crippen MR) is 109 cm³/mol. The summed E-state index contributed by atoms with van der Waals surface area (Å²) >= 11 is 0. The summed E-state index contributed by atoms with van der Waals surface area (Å²) in [5, 5.41) is 33.3. The Morgan fingerprint density at radius 3 is 2.50 bits per heavy atom. The molecule has 3 heterocycles. The van der Waals surface area contributed by atoms with Crippen LogP contribution in [0.2, 0.25) is 0 Å². The lowest BCUT2D eigenvalue weighted by Gasteiger charge is -2.19. The molecule has 4 atom stereocenters. The van der Waals surface area contributed by atoms with Crippen molar-refractivity contribution in [3.63, 3.8) is 0 Å². The number of ether oxygens (including phenoxy) is 1. The van der Waals surface area contributed by atoms with Crippen LogP contribution < -0.4 is 16.8 Å². The first-order chi connectivity index (χ1) is 14.5. The molecule has 160 valence electrons.